The van der Waals surface area contributed by atoms with E-state index < -0.39 is 0 Å². The van der Waals surface area contributed by atoms with E-state index in [0.29, 0.717) is 6.04 Å². The average molecular weight is 335 g/mol. The number of rotatable bonds is 2. The first kappa shape index (κ1) is 13.6. The summed E-state index contributed by atoms with van der Waals surface area (Å²) in [4.78, 5) is 7.12. The van der Waals surface area contributed by atoms with Crippen molar-refractivity contribution in [2.75, 3.05) is 11.4 Å². The van der Waals surface area contributed by atoms with Crippen molar-refractivity contribution in [1.29, 1.82) is 0 Å². The zero-order chi connectivity index (χ0) is 14.3. The molecule has 1 fully saturated rings. The van der Waals surface area contributed by atoms with Gasteiger partial charge < -0.3 is 4.90 Å². The topological polar surface area (TPSA) is 34.0 Å². The van der Waals surface area contributed by atoms with Crippen molar-refractivity contribution < 1.29 is 0 Å². The maximum Gasteiger partial charge on any atom is 0.129 e. The van der Waals surface area contributed by atoms with Gasteiger partial charge in [0, 0.05) is 29.3 Å². The molecule has 1 aliphatic heterocycles. The van der Waals surface area contributed by atoms with E-state index in [2.05, 4.69) is 45.0 Å². The monoisotopic (exact) mass is 334 g/mol. The highest BCUT2D eigenvalue weighted by atomic mass is 79.9. The molecule has 4 nitrogen and oxygen atoms in total. The zero-order valence-electron chi connectivity index (χ0n) is 12.1. The first-order chi connectivity index (χ1) is 9.58. The van der Waals surface area contributed by atoms with Gasteiger partial charge in [-0.3, -0.25) is 4.68 Å². The predicted molar refractivity (Wildman–Crippen MR) is 83.9 cm³/mol. The molecule has 0 N–H and O–H groups in total. The van der Waals surface area contributed by atoms with Crippen molar-refractivity contribution in [3.63, 3.8) is 0 Å². The minimum Gasteiger partial charge on any atom is -0.349 e. The molecule has 0 aromatic carbocycles. The molecule has 106 valence electrons. The van der Waals surface area contributed by atoms with Crippen molar-refractivity contribution in [1.82, 2.24) is 14.8 Å². The van der Waals surface area contributed by atoms with E-state index in [-0.39, 0.29) is 0 Å². The van der Waals surface area contributed by atoms with Gasteiger partial charge in [0.15, 0.2) is 0 Å². The first-order valence-corrected chi connectivity index (χ1v) is 7.75. The third-order valence-electron chi connectivity index (χ3n) is 4.19. The number of hydrogen-bond acceptors (Lipinski definition) is 3. The molecular formula is C15H19BrN4. The fraction of sp³-hybridized carbons (Fsp3) is 0.467. The van der Waals surface area contributed by atoms with E-state index in [1.54, 1.807) is 0 Å². The summed E-state index contributed by atoms with van der Waals surface area (Å²) in [5, 5.41) is 4.38. The van der Waals surface area contributed by atoms with Crippen LogP contribution in [0.1, 0.15) is 35.8 Å². The highest BCUT2D eigenvalue weighted by Crippen LogP contribution is 2.36. The van der Waals surface area contributed by atoms with Crippen LogP contribution in [0.5, 0.6) is 0 Å². The SMILES string of the molecule is Cc1nc(N2CCCC2c2cnn(C)c2C)ccc1Br. The molecular weight excluding hydrogens is 316 g/mol. The summed E-state index contributed by atoms with van der Waals surface area (Å²) in [5.41, 5.74) is 3.61. The number of aromatic nitrogens is 3. The van der Waals surface area contributed by atoms with Crippen molar-refractivity contribution in [2.24, 2.45) is 7.05 Å². The van der Waals surface area contributed by atoms with E-state index >= 15 is 0 Å². The van der Waals surface area contributed by atoms with Gasteiger partial charge in [-0.1, -0.05) is 0 Å². The minimum atomic E-state index is 0.400. The Bertz CT molecular complexity index is 635. The third kappa shape index (κ3) is 2.24. The Hall–Kier alpha value is -1.36. The van der Waals surface area contributed by atoms with Crippen LogP contribution in [0.2, 0.25) is 0 Å². The van der Waals surface area contributed by atoms with Gasteiger partial charge in [-0.25, -0.2) is 4.98 Å². The van der Waals surface area contributed by atoms with Crippen LogP contribution >= 0.6 is 15.9 Å². The summed E-state index contributed by atoms with van der Waals surface area (Å²) in [6.45, 7) is 5.24. The molecule has 0 bridgehead atoms. The van der Waals surface area contributed by atoms with E-state index in [0.717, 1.165) is 22.5 Å². The van der Waals surface area contributed by atoms with Crippen molar-refractivity contribution in [3.05, 3.63) is 39.8 Å². The standard InChI is InChI=1S/C15H19BrN4/c1-10-13(16)6-7-15(18-10)20-8-4-5-14(20)12-9-17-19(3)11(12)2/h6-7,9,14H,4-5,8H2,1-3H3. The predicted octanol–water partition coefficient (Wildman–Crippen LogP) is 3.54. The van der Waals surface area contributed by atoms with Crippen LogP contribution in [-0.2, 0) is 7.05 Å². The summed E-state index contributed by atoms with van der Waals surface area (Å²) in [6, 6.07) is 4.58. The molecule has 0 radical (unpaired) electrons. The Morgan fingerprint density at radius 1 is 1.30 bits per heavy atom. The minimum absolute atomic E-state index is 0.400. The van der Waals surface area contributed by atoms with Crippen LogP contribution < -0.4 is 4.90 Å². The average Bonchev–Trinajstić information content (AvgIpc) is 3.01. The van der Waals surface area contributed by atoms with Crippen LogP contribution in [0, 0.1) is 13.8 Å². The molecule has 0 amide bonds. The lowest BCUT2D eigenvalue weighted by atomic mass is 10.1. The maximum absolute atomic E-state index is 4.72. The summed E-state index contributed by atoms with van der Waals surface area (Å²) < 4.78 is 3.01. The normalized spacial score (nSPS) is 18.8. The number of pyridine rings is 1. The Kier molecular flexibility index (Phi) is 3.54. The number of aryl methyl sites for hydroxylation is 2. The summed E-state index contributed by atoms with van der Waals surface area (Å²) in [7, 11) is 2.00. The second kappa shape index (κ2) is 5.20. The fourth-order valence-corrected chi connectivity index (χ4v) is 3.12. The first-order valence-electron chi connectivity index (χ1n) is 6.96. The van der Waals surface area contributed by atoms with Gasteiger partial charge in [0.05, 0.1) is 17.9 Å². The Morgan fingerprint density at radius 3 is 2.75 bits per heavy atom. The van der Waals surface area contributed by atoms with Crippen molar-refractivity contribution in [3.8, 4) is 0 Å². The second-order valence-corrected chi connectivity index (χ2v) is 6.25. The summed E-state index contributed by atoms with van der Waals surface area (Å²) in [6.07, 6.45) is 4.38. The van der Waals surface area contributed by atoms with Crippen molar-refractivity contribution in [2.45, 2.75) is 32.7 Å². The molecule has 0 saturated carbocycles. The molecule has 3 heterocycles. The van der Waals surface area contributed by atoms with Gasteiger partial charge in [0.25, 0.3) is 0 Å². The van der Waals surface area contributed by atoms with Gasteiger partial charge in [0.1, 0.15) is 5.82 Å². The lowest BCUT2D eigenvalue weighted by Gasteiger charge is -2.26. The highest BCUT2D eigenvalue weighted by molar-refractivity contribution is 9.10. The molecule has 1 unspecified atom stereocenters. The molecule has 2 aromatic heterocycles. The van der Waals surface area contributed by atoms with E-state index in [9.17, 15) is 0 Å². The van der Waals surface area contributed by atoms with Crippen LogP contribution in [0.4, 0.5) is 5.82 Å². The highest BCUT2D eigenvalue weighted by Gasteiger charge is 2.29. The van der Waals surface area contributed by atoms with Gasteiger partial charge in [0.2, 0.25) is 0 Å². The second-order valence-electron chi connectivity index (χ2n) is 5.40. The van der Waals surface area contributed by atoms with Gasteiger partial charge in [-0.05, 0) is 54.8 Å². The molecule has 0 spiro atoms. The molecule has 20 heavy (non-hydrogen) atoms. The van der Waals surface area contributed by atoms with E-state index in [4.69, 9.17) is 4.98 Å². The van der Waals surface area contributed by atoms with Gasteiger partial charge in [-0.15, -0.1) is 0 Å². The molecule has 1 saturated heterocycles. The molecule has 0 aliphatic carbocycles. The van der Waals surface area contributed by atoms with Crippen LogP contribution in [-0.4, -0.2) is 21.3 Å². The molecule has 1 aliphatic rings. The van der Waals surface area contributed by atoms with Gasteiger partial charge in [-0.2, -0.15) is 5.10 Å². The summed E-state index contributed by atoms with van der Waals surface area (Å²) >= 11 is 3.52. The van der Waals surface area contributed by atoms with Gasteiger partial charge >= 0.3 is 0 Å². The van der Waals surface area contributed by atoms with Crippen LogP contribution in [0.15, 0.2) is 22.8 Å². The van der Waals surface area contributed by atoms with E-state index in [1.165, 1.54) is 24.1 Å². The lowest BCUT2D eigenvalue weighted by Crippen LogP contribution is -2.24. The van der Waals surface area contributed by atoms with Crippen molar-refractivity contribution >= 4 is 21.7 Å². The third-order valence-corrected chi connectivity index (χ3v) is 5.02. The number of halogens is 1. The smallest absolute Gasteiger partial charge is 0.129 e. The van der Waals surface area contributed by atoms with Crippen LogP contribution in [0.25, 0.3) is 0 Å². The Balaban J connectivity index is 1.96. The Labute approximate surface area is 127 Å². The summed E-state index contributed by atoms with van der Waals surface area (Å²) in [5.74, 6) is 1.07. The molecule has 5 heteroatoms. The van der Waals surface area contributed by atoms with Crippen LogP contribution in [0.3, 0.4) is 0 Å². The lowest BCUT2D eigenvalue weighted by molar-refractivity contribution is 0.693. The number of nitrogens with zero attached hydrogens (tertiary/aromatic N) is 4. The molecule has 3 rings (SSSR count). The zero-order valence-corrected chi connectivity index (χ0v) is 13.7. The van der Waals surface area contributed by atoms with E-state index in [1.807, 2.05) is 24.9 Å². The molecule has 1 atom stereocenters. The largest absolute Gasteiger partial charge is 0.349 e. The fourth-order valence-electron chi connectivity index (χ4n) is 2.90. The molecule has 2 aromatic rings. The maximum atomic E-state index is 4.72. The Morgan fingerprint density at radius 2 is 2.10 bits per heavy atom. The number of anilines is 1. The number of hydrogen-bond donors (Lipinski definition) is 0. The quantitative estimate of drug-likeness (QED) is 0.842.